The van der Waals surface area contributed by atoms with Crippen LogP contribution >= 0.6 is 16.1 Å². The molecule has 1 fully saturated rings. The molecular weight excluding hydrogens is 378 g/mol. The highest BCUT2D eigenvalue weighted by Crippen LogP contribution is 2.63. The SMILES string of the molecule is CCCCN(P(c1ccccc1F)c1ccccc1F)P1CCC[C@H]1CC. The number of rotatable bonds is 8. The molecule has 0 radical (unpaired) electrons. The van der Waals surface area contributed by atoms with Crippen molar-refractivity contribution < 1.29 is 8.78 Å². The fraction of sp³-hybridized carbons (Fsp3) is 0.455. The number of hydrogen-bond acceptors (Lipinski definition) is 1. The molecule has 0 spiro atoms. The van der Waals surface area contributed by atoms with Gasteiger partial charge in [-0.25, -0.2) is 8.78 Å². The first-order valence-corrected chi connectivity index (χ1v) is 12.8. The van der Waals surface area contributed by atoms with Crippen LogP contribution in [0.1, 0.15) is 46.0 Å². The third-order valence-electron chi connectivity index (χ3n) is 5.22. The fourth-order valence-corrected chi connectivity index (χ4v) is 10.9. The molecule has 146 valence electrons. The highest BCUT2D eigenvalue weighted by atomic mass is 31.2. The second-order valence-corrected chi connectivity index (χ2v) is 12.0. The fourth-order valence-electron chi connectivity index (χ4n) is 3.81. The van der Waals surface area contributed by atoms with Crippen LogP contribution in [0.2, 0.25) is 0 Å². The van der Waals surface area contributed by atoms with Crippen LogP contribution in [0.5, 0.6) is 0 Å². The zero-order chi connectivity index (χ0) is 19.2. The van der Waals surface area contributed by atoms with Crippen molar-refractivity contribution in [2.24, 2.45) is 0 Å². The van der Waals surface area contributed by atoms with E-state index >= 15 is 0 Å². The van der Waals surface area contributed by atoms with Crippen molar-refractivity contribution in [3.05, 3.63) is 60.2 Å². The molecule has 27 heavy (non-hydrogen) atoms. The van der Waals surface area contributed by atoms with Gasteiger partial charge >= 0.3 is 0 Å². The molecule has 2 aromatic rings. The van der Waals surface area contributed by atoms with Crippen LogP contribution in [0.3, 0.4) is 0 Å². The van der Waals surface area contributed by atoms with E-state index in [0.29, 0.717) is 16.3 Å². The van der Waals surface area contributed by atoms with Gasteiger partial charge in [0.25, 0.3) is 0 Å². The van der Waals surface area contributed by atoms with Gasteiger partial charge < -0.3 is 0 Å². The molecule has 1 unspecified atom stereocenters. The van der Waals surface area contributed by atoms with E-state index in [4.69, 9.17) is 0 Å². The molecule has 1 saturated heterocycles. The summed E-state index contributed by atoms with van der Waals surface area (Å²) in [5, 5.41) is 1.33. The molecule has 0 aliphatic carbocycles. The van der Waals surface area contributed by atoms with Crippen LogP contribution in [-0.4, -0.2) is 22.8 Å². The lowest BCUT2D eigenvalue weighted by atomic mass is 10.2. The Labute approximate surface area is 164 Å². The van der Waals surface area contributed by atoms with Crippen LogP contribution in [0.15, 0.2) is 48.5 Å². The minimum atomic E-state index is -1.20. The van der Waals surface area contributed by atoms with Crippen molar-refractivity contribution in [1.29, 1.82) is 0 Å². The first-order valence-electron chi connectivity index (χ1n) is 10.0. The molecule has 1 heterocycles. The van der Waals surface area contributed by atoms with Crippen molar-refractivity contribution in [3.63, 3.8) is 0 Å². The van der Waals surface area contributed by atoms with E-state index in [9.17, 15) is 8.78 Å². The number of benzene rings is 2. The maximum absolute atomic E-state index is 14.9. The van der Waals surface area contributed by atoms with Gasteiger partial charge in [-0.2, -0.15) is 0 Å². The number of unbranched alkanes of at least 4 members (excludes halogenated alkanes) is 1. The number of halogens is 2. The molecule has 1 aliphatic heterocycles. The predicted molar refractivity (Wildman–Crippen MR) is 116 cm³/mol. The van der Waals surface area contributed by atoms with Crippen LogP contribution < -0.4 is 10.6 Å². The normalized spacial score (nSPS) is 19.9. The van der Waals surface area contributed by atoms with Crippen molar-refractivity contribution in [2.75, 3.05) is 12.7 Å². The van der Waals surface area contributed by atoms with Gasteiger partial charge in [0.15, 0.2) is 0 Å². The highest BCUT2D eigenvalue weighted by molar-refractivity contribution is 7.79. The smallest absolute Gasteiger partial charge is 0.132 e. The van der Waals surface area contributed by atoms with Gasteiger partial charge in [-0.15, -0.1) is 0 Å². The Balaban J connectivity index is 2.10. The van der Waals surface area contributed by atoms with Gasteiger partial charge in [0.1, 0.15) is 11.6 Å². The Hall–Kier alpha value is -0.880. The van der Waals surface area contributed by atoms with Crippen LogP contribution in [0.4, 0.5) is 8.78 Å². The average Bonchev–Trinajstić information content (AvgIpc) is 3.15. The third kappa shape index (κ3) is 4.76. The van der Waals surface area contributed by atoms with E-state index in [2.05, 4.69) is 18.3 Å². The highest BCUT2D eigenvalue weighted by Gasteiger charge is 2.37. The molecular formula is C22H29F2NP2. The maximum Gasteiger partial charge on any atom is 0.132 e. The Morgan fingerprint density at radius 3 is 2.11 bits per heavy atom. The van der Waals surface area contributed by atoms with E-state index in [-0.39, 0.29) is 19.7 Å². The van der Waals surface area contributed by atoms with Gasteiger partial charge in [0.2, 0.25) is 0 Å². The van der Waals surface area contributed by atoms with Crippen LogP contribution in [0, 0.1) is 11.6 Å². The maximum atomic E-state index is 14.9. The molecule has 0 amide bonds. The van der Waals surface area contributed by atoms with Crippen LogP contribution in [0.25, 0.3) is 0 Å². The quantitative estimate of drug-likeness (QED) is 0.459. The van der Waals surface area contributed by atoms with Gasteiger partial charge in [0.05, 0.1) is 0 Å². The average molecular weight is 407 g/mol. The lowest BCUT2D eigenvalue weighted by Crippen LogP contribution is -2.30. The molecule has 0 saturated carbocycles. The first kappa shape index (κ1) is 20.8. The van der Waals surface area contributed by atoms with E-state index in [1.165, 1.54) is 31.1 Å². The number of hydrogen-bond donors (Lipinski definition) is 0. The Kier molecular flexibility index (Phi) is 7.76. The van der Waals surface area contributed by atoms with Gasteiger partial charge in [-0.05, 0) is 69.8 Å². The molecule has 0 aromatic heterocycles. The minimum Gasteiger partial charge on any atom is -0.252 e. The van der Waals surface area contributed by atoms with Crippen molar-refractivity contribution in [1.82, 2.24) is 4.44 Å². The molecule has 1 nitrogen and oxygen atoms in total. The molecule has 0 N–H and O–H groups in total. The Bertz CT molecular complexity index is 694. The molecule has 2 aromatic carbocycles. The minimum absolute atomic E-state index is 0.212. The van der Waals surface area contributed by atoms with Crippen molar-refractivity contribution in [2.45, 2.75) is 51.6 Å². The lowest BCUT2D eigenvalue weighted by molar-refractivity contribution is 0.617. The van der Waals surface area contributed by atoms with Crippen LogP contribution in [-0.2, 0) is 0 Å². The van der Waals surface area contributed by atoms with Gasteiger partial charge in [0, 0.05) is 25.2 Å². The third-order valence-corrected chi connectivity index (χ3v) is 11.8. The summed E-state index contributed by atoms with van der Waals surface area (Å²) < 4.78 is 32.3. The summed E-state index contributed by atoms with van der Waals surface area (Å²) in [6.45, 7) is 5.37. The van der Waals surface area contributed by atoms with Gasteiger partial charge in [-0.3, -0.25) is 4.44 Å². The summed E-state index contributed by atoms with van der Waals surface area (Å²) in [6, 6.07) is 14.0. The van der Waals surface area contributed by atoms with Gasteiger partial charge in [-0.1, -0.05) is 44.5 Å². The zero-order valence-corrected chi connectivity index (χ0v) is 18.0. The summed E-state index contributed by atoms with van der Waals surface area (Å²) in [5.41, 5.74) is 0.681. The zero-order valence-electron chi connectivity index (χ0n) is 16.2. The van der Waals surface area contributed by atoms with E-state index in [0.717, 1.165) is 25.8 Å². The summed E-state index contributed by atoms with van der Waals surface area (Å²) in [4.78, 5) is 0. The molecule has 3 rings (SSSR count). The summed E-state index contributed by atoms with van der Waals surface area (Å²) in [5.74, 6) is -0.425. The van der Waals surface area contributed by atoms with E-state index in [1.54, 1.807) is 12.1 Å². The largest absolute Gasteiger partial charge is 0.252 e. The summed E-state index contributed by atoms with van der Waals surface area (Å²) in [7, 11) is -1.57. The number of nitrogens with zero attached hydrogens (tertiary/aromatic N) is 1. The second-order valence-electron chi connectivity index (χ2n) is 7.03. The van der Waals surface area contributed by atoms with Crippen molar-refractivity contribution >= 4 is 26.8 Å². The summed E-state index contributed by atoms with van der Waals surface area (Å²) >= 11 is 0. The second kappa shape index (κ2) is 10.1. The van der Waals surface area contributed by atoms with Crippen molar-refractivity contribution in [3.8, 4) is 0 Å². The first-order chi connectivity index (χ1) is 13.2. The molecule has 0 bridgehead atoms. The Morgan fingerprint density at radius 2 is 1.59 bits per heavy atom. The standard InChI is InChI=1S/C22H29F2NP2/c1-3-5-16-25(26-17-10-11-18(26)4-2)27(21-14-8-6-12-19(21)23)22-15-9-7-13-20(22)24/h6-9,12-15,18H,3-5,10-11,16-17H2,1-2H3/t18-,26?/m1/s1. The Morgan fingerprint density at radius 1 is 1.00 bits per heavy atom. The predicted octanol–water partition coefficient (Wildman–Crippen LogP) is 6.38. The topological polar surface area (TPSA) is 3.24 Å². The van der Waals surface area contributed by atoms with E-state index in [1.807, 2.05) is 24.3 Å². The molecule has 2 atom stereocenters. The lowest BCUT2D eigenvalue weighted by Gasteiger charge is -2.39. The molecule has 1 aliphatic rings. The monoisotopic (exact) mass is 407 g/mol. The molecule has 5 heteroatoms. The van der Waals surface area contributed by atoms with E-state index < -0.39 is 8.07 Å². The summed E-state index contributed by atoms with van der Waals surface area (Å²) in [6.07, 6.45) is 7.00.